The van der Waals surface area contributed by atoms with Gasteiger partial charge in [0.1, 0.15) is 5.54 Å². The smallest absolute Gasteiger partial charge is 0.310 e. The van der Waals surface area contributed by atoms with E-state index in [1.807, 2.05) is 30.3 Å². The molecule has 34 heavy (non-hydrogen) atoms. The number of anilines is 1. The average Bonchev–Trinajstić information content (AvgIpc) is 3.57. The Morgan fingerprint density at radius 1 is 1.09 bits per heavy atom. The van der Waals surface area contributed by atoms with Crippen molar-refractivity contribution in [2.45, 2.75) is 43.9 Å². The van der Waals surface area contributed by atoms with E-state index in [-0.39, 0.29) is 24.8 Å². The summed E-state index contributed by atoms with van der Waals surface area (Å²) in [6.07, 6.45) is 2.13. The summed E-state index contributed by atoms with van der Waals surface area (Å²) in [4.78, 5) is 29.0. The molecule has 3 aliphatic rings. The van der Waals surface area contributed by atoms with E-state index in [2.05, 4.69) is 0 Å². The molecule has 2 fully saturated rings. The van der Waals surface area contributed by atoms with E-state index in [9.17, 15) is 18.0 Å². The minimum Gasteiger partial charge on any atom is -0.466 e. The maximum Gasteiger partial charge on any atom is 0.310 e. The van der Waals surface area contributed by atoms with E-state index < -0.39 is 33.4 Å². The van der Waals surface area contributed by atoms with Crippen LogP contribution < -0.4 is 4.90 Å². The molecule has 0 radical (unpaired) electrons. The minimum atomic E-state index is -3.92. The molecule has 2 aliphatic heterocycles. The van der Waals surface area contributed by atoms with Crippen molar-refractivity contribution < 1.29 is 22.7 Å². The lowest BCUT2D eigenvalue weighted by molar-refractivity contribution is -0.148. The normalized spacial score (nSPS) is 26.8. The van der Waals surface area contributed by atoms with E-state index in [1.165, 1.54) is 4.31 Å². The zero-order chi connectivity index (χ0) is 24.1. The van der Waals surface area contributed by atoms with Gasteiger partial charge in [0.05, 0.1) is 18.3 Å². The average molecular weight is 483 g/mol. The number of carbonyl (C=O) groups is 2. The van der Waals surface area contributed by atoms with Crippen LogP contribution in [0.15, 0.2) is 54.6 Å². The highest BCUT2D eigenvalue weighted by atomic mass is 32.2. The molecule has 2 aromatic carbocycles. The number of esters is 1. The summed E-state index contributed by atoms with van der Waals surface area (Å²) in [5.74, 6) is -1.90. The Kier molecular flexibility index (Phi) is 5.76. The molecule has 3 atom stereocenters. The van der Waals surface area contributed by atoms with Crippen molar-refractivity contribution in [3.05, 3.63) is 65.7 Å². The summed E-state index contributed by atoms with van der Waals surface area (Å²) in [5, 5.41) is 0. The van der Waals surface area contributed by atoms with Gasteiger partial charge in [-0.3, -0.25) is 9.59 Å². The highest BCUT2D eigenvalue weighted by Gasteiger charge is 2.65. The summed E-state index contributed by atoms with van der Waals surface area (Å²) in [5.41, 5.74) is 0.841. The largest absolute Gasteiger partial charge is 0.466 e. The number of amides is 1. The van der Waals surface area contributed by atoms with Crippen LogP contribution in [0.25, 0.3) is 0 Å². The van der Waals surface area contributed by atoms with Gasteiger partial charge < -0.3 is 9.64 Å². The summed E-state index contributed by atoms with van der Waals surface area (Å²) >= 11 is 0. The van der Waals surface area contributed by atoms with Crippen LogP contribution in [0.4, 0.5) is 5.69 Å². The zero-order valence-corrected chi connectivity index (χ0v) is 20.3. The molecule has 0 bridgehead atoms. The third-order valence-electron chi connectivity index (χ3n) is 7.38. The van der Waals surface area contributed by atoms with Crippen molar-refractivity contribution >= 4 is 27.6 Å². The number of fused-ring (bicyclic) bond motifs is 3. The minimum absolute atomic E-state index is 0.0769. The maximum absolute atomic E-state index is 14.2. The Morgan fingerprint density at radius 3 is 2.44 bits per heavy atom. The lowest BCUT2D eigenvalue weighted by Crippen LogP contribution is -2.62. The molecular formula is C26H30N2O5S. The van der Waals surface area contributed by atoms with Gasteiger partial charge in [0.25, 0.3) is 0 Å². The van der Waals surface area contributed by atoms with Gasteiger partial charge in [-0.2, -0.15) is 4.31 Å². The topological polar surface area (TPSA) is 84.0 Å². The molecule has 0 aromatic heterocycles. The quantitative estimate of drug-likeness (QED) is 0.566. The fraction of sp³-hybridized carbons (Fsp3) is 0.462. The van der Waals surface area contributed by atoms with Crippen molar-refractivity contribution in [2.24, 2.45) is 11.8 Å². The zero-order valence-electron chi connectivity index (χ0n) is 19.5. The van der Waals surface area contributed by atoms with Crippen molar-refractivity contribution in [2.75, 3.05) is 24.6 Å². The molecule has 0 spiro atoms. The summed E-state index contributed by atoms with van der Waals surface area (Å²) in [6, 6.07) is 16.5. The number of para-hydroxylation sites is 1. The molecule has 1 aliphatic carbocycles. The maximum atomic E-state index is 14.2. The van der Waals surface area contributed by atoms with Crippen LogP contribution in [-0.2, 0) is 30.1 Å². The second-order valence-corrected chi connectivity index (χ2v) is 11.6. The van der Waals surface area contributed by atoms with E-state index in [1.54, 1.807) is 43.0 Å². The van der Waals surface area contributed by atoms with Crippen molar-refractivity contribution in [3.8, 4) is 0 Å². The predicted molar refractivity (Wildman–Crippen MR) is 129 cm³/mol. The lowest BCUT2D eigenvalue weighted by atomic mass is 9.72. The number of carbonyl (C=O) groups excluding carboxylic acids is 2. The monoisotopic (exact) mass is 482 g/mol. The molecule has 7 nitrogen and oxygen atoms in total. The molecule has 2 heterocycles. The lowest BCUT2D eigenvalue weighted by Gasteiger charge is -2.46. The number of ether oxygens (including phenoxy) is 1. The van der Waals surface area contributed by atoms with E-state index in [4.69, 9.17) is 4.74 Å². The Morgan fingerprint density at radius 2 is 1.76 bits per heavy atom. The van der Waals surface area contributed by atoms with Crippen LogP contribution in [-0.4, -0.2) is 49.8 Å². The van der Waals surface area contributed by atoms with E-state index in [0.717, 1.165) is 24.1 Å². The van der Waals surface area contributed by atoms with Gasteiger partial charge in [0.2, 0.25) is 15.9 Å². The van der Waals surface area contributed by atoms with Crippen molar-refractivity contribution in [1.29, 1.82) is 0 Å². The third kappa shape index (κ3) is 3.73. The Hall–Kier alpha value is -2.71. The Labute approximate surface area is 200 Å². The summed E-state index contributed by atoms with van der Waals surface area (Å²) in [7, 11) is -3.92. The molecular weight excluding hydrogens is 452 g/mol. The summed E-state index contributed by atoms with van der Waals surface area (Å²) < 4.78 is 34.2. The molecule has 0 N–H and O–H groups in total. The Balaban J connectivity index is 1.63. The molecule has 5 rings (SSSR count). The van der Waals surface area contributed by atoms with Crippen LogP contribution in [0.2, 0.25) is 0 Å². The number of rotatable bonds is 7. The van der Waals surface area contributed by atoms with Gasteiger partial charge in [-0.25, -0.2) is 8.42 Å². The first-order chi connectivity index (χ1) is 16.3. The van der Waals surface area contributed by atoms with Gasteiger partial charge in [0.15, 0.2) is 0 Å². The number of nitrogens with zero attached hydrogens (tertiary/aromatic N) is 2. The fourth-order valence-electron chi connectivity index (χ4n) is 5.62. The number of hydrogen-bond donors (Lipinski definition) is 0. The van der Waals surface area contributed by atoms with Gasteiger partial charge in [-0.05, 0) is 49.8 Å². The molecule has 1 saturated heterocycles. The van der Waals surface area contributed by atoms with Crippen LogP contribution in [0.3, 0.4) is 0 Å². The third-order valence-corrected chi connectivity index (χ3v) is 9.28. The van der Waals surface area contributed by atoms with E-state index in [0.29, 0.717) is 18.0 Å². The highest BCUT2D eigenvalue weighted by molar-refractivity contribution is 7.88. The number of benzene rings is 2. The number of hydrogen-bond acceptors (Lipinski definition) is 5. The SMILES string of the molecule is CCOC(=O)[C@H]1CN(S(=O)(=O)Cc2ccccc2)[C@]2(C)C(=O)N(CC3CC3)c3ccccc3[C@H]12. The predicted octanol–water partition coefficient (Wildman–Crippen LogP) is 3.31. The fourth-order valence-corrected chi connectivity index (χ4v) is 7.55. The first-order valence-electron chi connectivity index (χ1n) is 11.9. The number of sulfonamides is 1. The Bertz CT molecular complexity index is 1210. The van der Waals surface area contributed by atoms with Crippen molar-refractivity contribution in [3.63, 3.8) is 0 Å². The second kappa shape index (κ2) is 8.50. The van der Waals surface area contributed by atoms with Crippen LogP contribution >= 0.6 is 0 Å². The van der Waals surface area contributed by atoms with Gasteiger partial charge in [-0.1, -0.05) is 48.5 Å². The second-order valence-electron chi connectivity index (χ2n) is 9.67. The molecule has 8 heteroatoms. The standard InChI is InChI=1S/C26H30N2O5S/c1-3-33-24(29)21-16-28(34(31,32)17-19-9-5-4-6-10-19)26(2)23(21)20-11-7-8-12-22(20)27(25(26)30)15-18-13-14-18/h4-12,18,21,23H,3,13-17H2,1-2H3/t21-,23+,26-/m0/s1. The molecule has 1 saturated carbocycles. The highest BCUT2D eigenvalue weighted by Crippen LogP contribution is 2.54. The van der Waals surface area contributed by atoms with Crippen LogP contribution in [0, 0.1) is 11.8 Å². The van der Waals surface area contributed by atoms with Gasteiger partial charge in [0, 0.05) is 24.7 Å². The molecule has 1 amide bonds. The van der Waals surface area contributed by atoms with Gasteiger partial charge >= 0.3 is 5.97 Å². The first-order valence-corrected chi connectivity index (χ1v) is 13.5. The summed E-state index contributed by atoms with van der Waals surface area (Å²) in [6.45, 7) is 4.10. The molecule has 2 aromatic rings. The van der Waals surface area contributed by atoms with Crippen molar-refractivity contribution in [1.82, 2.24) is 4.31 Å². The molecule has 0 unspecified atom stereocenters. The first kappa shape index (κ1) is 23.1. The van der Waals surface area contributed by atoms with Crippen LogP contribution in [0.1, 0.15) is 43.7 Å². The van der Waals surface area contributed by atoms with E-state index >= 15 is 0 Å². The van der Waals surface area contributed by atoms with Gasteiger partial charge in [-0.15, -0.1) is 0 Å². The molecule has 180 valence electrons. The van der Waals surface area contributed by atoms with Crippen LogP contribution in [0.5, 0.6) is 0 Å².